The van der Waals surface area contributed by atoms with Crippen molar-refractivity contribution in [2.24, 2.45) is 0 Å². The van der Waals surface area contributed by atoms with E-state index in [9.17, 15) is 15.4 Å². The van der Waals surface area contributed by atoms with Gasteiger partial charge in [0.2, 0.25) is 0 Å². The summed E-state index contributed by atoms with van der Waals surface area (Å²) in [6, 6.07) is 11.4. The fourth-order valence-corrected chi connectivity index (χ4v) is 2.72. The molecule has 126 valence electrons. The molecule has 0 fully saturated rings. The van der Waals surface area contributed by atoms with Gasteiger partial charge in [-0.05, 0) is 41.5 Å². The summed E-state index contributed by atoms with van der Waals surface area (Å²) in [7, 11) is 0. The maximum atomic E-state index is 10.7. The number of hydrogen-bond donors (Lipinski definition) is 0. The summed E-state index contributed by atoms with van der Waals surface area (Å²) < 4.78 is 11.2. The van der Waals surface area contributed by atoms with Crippen LogP contribution in [0.4, 0.5) is 5.69 Å². The number of allylic oxidation sites excluding steroid dienone is 1. The third kappa shape index (κ3) is 3.73. The molecule has 0 amide bonds. The van der Waals surface area contributed by atoms with Crippen molar-refractivity contribution in [3.05, 3.63) is 62.7 Å². The lowest BCUT2D eigenvalue weighted by Crippen LogP contribution is -1.97. The van der Waals surface area contributed by atoms with Gasteiger partial charge in [-0.15, -0.1) is 0 Å². The van der Waals surface area contributed by atoms with Gasteiger partial charge in [0.05, 0.1) is 34.8 Å². The normalized spacial score (nSPS) is 13.7. The fourth-order valence-electron chi connectivity index (χ4n) is 2.44. The Balaban J connectivity index is 1.97. The first-order chi connectivity index (χ1) is 12.1. The molecule has 0 radical (unpaired) electrons. The highest BCUT2D eigenvalue weighted by molar-refractivity contribution is 6.32. The minimum Gasteiger partial charge on any atom is -0.489 e. The van der Waals surface area contributed by atoms with Crippen molar-refractivity contribution in [1.29, 1.82) is 5.26 Å². The van der Waals surface area contributed by atoms with Crippen molar-refractivity contribution >= 4 is 28.9 Å². The zero-order chi connectivity index (χ0) is 17.8. The van der Waals surface area contributed by atoms with Gasteiger partial charge in [-0.3, -0.25) is 10.1 Å². The molecule has 6 nitrogen and oxygen atoms in total. The number of halogens is 1. The van der Waals surface area contributed by atoms with Crippen LogP contribution in [0.3, 0.4) is 0 Å². The molecule has 7 heteroatoms. The highest BCUT2D eigenvalue weighted by atomic mass is 35.5. The SMILES string of the molecule is N#CC(=Cc1cc(Cl)c2c(c1)OCCCO2)c1ccc([N+](=O)[O-])cc1. The number of nitro benzene ring substituents is 1. The van der Waals surface area contributed by atoms with Crippen LogP contribution in [0.25, 0.3) is 11.6 Å². The van der Waals surface area contributed by atoms with E-state index < -0.39 is 4.92 Å². The summed E-state index contributed by atoms with van der Waals surface area (Å²) in [6.45, 7) is 1.07. The quantitative estimate of drug-likeness (QED) is 0.350. The Hall–Kier alpha value is -3.04. The van der Waals surface area contributed by atoms with Gasteiger partial charge in [0.1, 0.15) is 0 Å². The molecule has 25 heavy (non-hydrogen) atoms. The molecule has 1 aliphatic heterocycles. The summed E-state index contributed by atoms with van der Waals surface area (Å²) in [5, 5.41) is 20.6. The standard InChI is InChI=1S/C18H13ClN2O4/c19-16-9-12(10-17-18(16)25-7-1-6-24-17)8-14(11-20)13-2-4-15(5-3-13)21(22)23/h2-5,8-10H,1,6-7H2. The van der Waals surface area contributed by atoms with Gasteiger partial charge < -0.3 is 9.47 Å². The van der Waals surface area contributed by atoms with Gasteiger partial charge in [0.25, 0.3) is 5.69 Å². The molecule has 1 aliphatic rings. The molecule has 1 heterocycles. The van der Waals surface area contributed by atoms with Gasteiger partial charge in [0.15, 0.2) is 11.5 Å². The molecule has 0 atom stereocenters. The Bertz CT molecular complexity index is 885. The molecule has 0 saturated carbocycles. The molecular formula is C18H13ClN2O4. The summed E-state index contributed by atoms with van der Waals surface area (Å²) in [4.78, 5) is 10.2. The second kappa shape index (κ2) is 7.24. The van der Waals surface area contributed by atoms with E-state index in [2.05, 4.69) is 6.07 Å². The summed E-state index contributed by atoms with van der Waals surface area (Å²) in [5.74, 6) is 1.04. The number of nitrogens with zero attached hydrogens (tertiary/aromatic N) is 2. The first-order valence-electron chi connectivity index (χ1n) is 7.54. The van der Waals surface area contributed by atoms with Crippen LogP contribution < -0.4 is 9.47 Å². The molecule has 0 aromatic heterocycles. The number of nitriles is 1. The van der Waals surface area contributed by atoms with Crippen LogP contribution in [0.15, 0.2) is 36.4 Å². The Labute approximate surface area is 149 Å². The Kier molecular flexibility index (Phi) is 4.87. The van der Waals surface area contributed by atoms with Crippen LogP contribution in [0, 0.1) is 21.4 Å². The largest absolute Gasteiger partial charge is 0.489 e. The fraction of sp³-hybridized carbons (Fsp3) is 0.167. The number of rotatable bonds is 3. The van der Waals surface area contributed by atoms with E-state index in [-0.39, 0.29) is 5.69 Å². The van der Waals surface area contributed by atoms with Crippen molar-refractivity contribution in [1.82, 2.24) is 0 Å². The third-order valence-corrected chi connectivity index (χ3v) is 3.93. The first kappa shape index (κ1) is 16.8. The molecule has 3 rings (SSSR count). The molecular weight excluding hydrogens is 344 g/mol. The van der Waals surface area contributed by atoms with Gasteiger partial charge in [-0.25, -0.2) is 0 Å². The number of nitro groups is 1. The van der Waals surface area contributed by atoms with Gasteiger partial charge in [-0.2, -0.15) is 5.26 Å². The van der Waals surface area contributed by atoms with E-state index in [1.807, 2.05) is 0 Å². The minimum absolute atomic E-state index is 0.0281. The van der Waals surface area contributed by atoms with E-state index in [1.54, 1.807) is 18.2 Å². The minimum atomic E-state index is -0.483. The van der Waals surface area contributed by atoms with Crippen LogP contribution in [0.5, 0.6) is 11.5 Å². The van der Waals surface area contributed by atoms with Crippen molar-refractivity contribution < 1.29 is 14.4 Å². The molecule has 0 unspecified atom stereocenters. The van der Waals surface area contributed by atoms with Crippen LogP contribution in [0.1, 0.15) is 17.5 Å². The molecule has 0 saturated heterocycles. The molecule has 0 bridgehead atoms. The summed E-state index contributed by atoms with van der Waals surface area (Å²) in [6.07, 6.45) is 2.42. The number of ether oxygens (including phenoxy) is 2. The maximum Gasteiger partial charge on any atom is 0.269 e. The highest BCUT2D eigenvalue weighted by Gasteiger charge is 2.15. The molecule has 2 aromatic rings. The Morgan fingerprint density at radius 2 is 1.96 bits per heavy atom. The van der Waals surface area contributed by atoms with Crippen LogP contribution >= 0.6 is 11.6 Å². The van der Waals surface area contributed by atoms with Crippen LogP contribution in [-0.4, -0.2) is 18.1 Å². The van der Waals surface area contributed by atoms with E-state index in [0.717, 1.165) is 6.42 Å². The molecule has 2 aromatic carbocycles. The van der Waals surface area contributed by atoms with Gasteiger partial charge >= 0.3 is 0 Å². The lowest BCUT2D eigenvalue weighted by atomic mass is 10.0. The monoisotopic (exact) mass is 356 g/mol. The highest BCUT2D eigenvalue weighted by Crippen LogP contribution is 2.38. The van der Waals surface area contributed by atoms with Gasteiger partial charge in [0, 0.05) is 18.6 Å². The topological polar surface area (TPSA) is 85.4 Å². The number of fused-ring (bicyclic) bond motifs is 1. The summed E-state index contributed by atoms with van der Waals surface area (Å²) in [5.41, 5.74) is 1.60. The zero-order valence-corrected chi connectivity index (χ0v) is 13.8. The molecule has 0 N–H and O–H groups in total. The van der Waals surface area contributed by atoms with Crippen molar-refractivity contribution in [2.45, 2.75) is 6.42 Å². The maximum absolute atomic E-state index is 10.7. The second-order valence-corrected chi connectivity index (χ2v) is 5.76. The van der Waals surface area contributed by atoms with E-state index in [4.69, 9.17) is 21.1 Å². The summed E-state index contributed by atoms with van der Waals surface area (Å²) >= 11 is 6.26. The lowest BCUT2D eigenvalue weighted by Gasteiger charge is -2.10. The number of non-ortho nitro benzene ring substituents is 1. The second-order valence-electron chi connectivity index (χ2n) is 5.35. The smallest absolute Gasteiger partial charge is 0.269 e. The Morgan fingerprint density at radius 3 is 2.64 bits per heavy atom. The van der Waals surface area contributed by atoms with Crippen molar-refractivity contribution in [3.8, 4) is 17.6 Å². The lowest BCUT2D eigenvalue weighted by molar-refractivity contribution is -0.384. The average molecular weight is 357 g/mol. The van der Waals surface area contributed by atoms with E-state index in [1.165, 1.54) is 24.3 Å². The van der Waals surface area contributed by atoms with Crippen LogP contribution in [-0.2, 0) is 0 Å². The van der Waals surface area contributed by atoms with E-state index in [0.29, 0.717) is 46.4 Å². The molecule has 0 spiro atoms. The molecule has 0 aliphatic carbocycles. The van der Waals surface area contributed by atoms with Crippen molar-refractivity contribution in [3.63, 3.8) is 0 Å². The van der Waals surface area contributed by atoms with Crippen molar-refractivity contribution in [2.75, 3.05) is 13.2 Å². The zero-order valence-electron chi connectivity index (χ0n) is 13.1. The number of hydrogen-bond acceptors (Lipinski definition) is 5. The van der Waals surface area contributed by atoms with E-state index >= 15 is 0 Å². The Morgan fingerprint density at radius 1 is 1.24 bits per heavy atom. The van der Waals surface area contributed by atoms with Gasteiger partial charge in [-0.1, -0.05) is 11.6 Å². The number of benzene rings is 2. The van der Waals surface area contributed by atoms with Crippen LogP contribution in [0.2, 0.25) is 5.02 Å². The third-order valence-electron chi connectivity index (χ3n) is 3.65. The predicted octanol–water partition coefficient (Wildman–Crippen LogP) is 4.47. The first-order valence-corrected chi connectivity index (χ1v) is 7.92. The predicted molar refractivity (Wildman–Crippen MR) is 93.6 cm³/mol. The average Bonchev–Trinajstić information content (AvgIpc) is 2.85.